The Morgan fingerprint density at radius 1 is 1.33 bits per heavy atom. The Bertz CT molecular complexity index is 283. The smallest absolute Gasteiger partial charge is 0.134 e. The second kappa shape index (κ2) is 6.43. The fourth-order valence-corrected chi connectivity index (χ4v) is 1.42. The molecule has 1 atom stereocenters. The highest BCUT2D eigenvalue weighted by Gasteiger charge is 2.09. The minimum atomic E-state index is 0.0566. The van der Waals surface area contributed by atoms with Gasteiger partial charge in [0.2, 0.25) is 0 Å². The van der Waals surface area contributed by atoms with Crippen LogP contribution in [0.4, 0.5) is 0 Å². The van der Waals surface area contributed by atoms with E-state index in [1.807, 2.05) is 38.2 Å². The van der Waals surface area contributed by atoms with Crippen molar-refractivity contribution in [1.29, 1.82) is 0 Å². The monoisotopic (exact) mass is 209 g/mol. The van der Waals surface area contributed by atoms with Crippen LogP contribution in [-0.2, 0) is 4.74 Å². The lowest BCUT2D eigenvalue weighted by molar-refractivity contribution is 0.0814. The molecule has 1 N–H and O–H groups in total. The van der Waals surface area contributed by atoms with E-state index in [1.165, 1.54) is 0 Å². The molecule has 3 nitrogen and oxygen atoms in total. The molecule has 3 heteroatoms. The molecular formula is C12H19NO2. The molecule has 0 bridgehead atoms. The van der Waals surface area contributed by atoms with E-state index in [9.17, 15) is 0 Å². The fourth-order valence-electron chi connectivity index (χ4n) is 1.42. The average molecular weight is 209 g/mol. The van der Waals surface area contributed by atoms with Gasteiger partial charge >= 0.3 is 0 Å². The number of hydrogen-bond donors (Lipinski definition) is 1. The van der Waals surface area contributed by atoms with E-state index in [4.69, 9.17) is 9.47 Å². The molecule has 15 heavy (non-hydrogen) atoms. The minimum absolute atomic E-state index is 0.0566. The summed E-state index contributed by atoms with van der Waals surface area (Å²) in [4.78, 5) is 0. The summed E-state index contributed by atoms with van der Waals surface area (Å²) < 4.78 is 10.9. The summed E-state index contributed by atoms with van der Waals surface area (Å²) in [5.41, 5.74) is 1.15. The van der Waals surface area contributed by atoms with E-state index in [0.29, 0.717) is 6.61 Å². The van der Waals surface area contributed by atoms with Gasteiger partial charge in [-0.3, -0.25) is 0 Å². The predicted octanol–water partition coefficient (Wildman–Crippen LogP) is 1.61. The van der Waals surface area contributed by atoms with Crippen molar-refractivity contribution in [2.45, 2.75) is 13.0 Å². The second-order valence-corrected chi connectivity index (χ2v) is 3.52. The number of benzene rings is 1. The first-order chi connectivity index (χ1) is 7.27. The van der Waals surface area contributed by atoms with Gasteiger partial charge in [-0.05, 0) is 25.6 Å². The highest BCUT2D eigenvalue weighted by atomic mass is 16.5. The number of aryl methyl sites for hydroxylation is 1. The van der Waals surface area contributed by atoms with Crippen LogP contribution in [0.1, 0.15) is 5.56 Å². The van der Waals surface area contributed by atoms with Crippen molar-refractivity contribution in [2.24, 2.45) is 0 Å². The SMILES string of the molecule is CNCC(COC)Oc1ccccc1C. The molecule has 0 spiro atoms. The van der Waals surface area contributed by atoms with Crippen LogP contribution in [0.25, 0.3) is 0 Å². The Morgan fingerprint density at radius 2 is 2.07 bits per heavy atom. The van der Waals surface area contributed by atoms with E-state index < -0.39 is 0 Å². The summed E-state index contributed by atoms with van der Waals surface area (Å²) in [5.74, 6) is 0.926. The van der Waals surface area contributed by atoms with Crippen LogP contribution in [0, 0.1) is 6.92 Å². The van der Waals surface area contributed by atoms with Crippen molar-refractivity contribution in [3.8, 4) is 5.75 Å². The molecule has 1 aromatic carbocycles. The van der Waals surface area contributed by atoms with Crippen molar-refractivity contribution in [3.05, 3.63) is 29.8 Å². The number of rotatable bonds is 6. The molecule has 1 aromatic rings. The third kappa shape index (κ3) is 3.90. The van der Waals surface area contributed by atoms with Gasteiger partial charge in [-0.25, -0.2) is 0 Å². The van der Waals surface area contributed by atoms with Gasteiger partial charge in [0.15, 0.2) is 0 Å². The van der Waals surface area contributed by atoms with Crippen LogP contribution in [0.15, 0.2) is 24.3 Å². The number of hydrogen-bond acceptors (Lipinski definition) is 3. The van der Waals surface area contributed by atoms with Gasteiger partial charge in [0, 0.05) is 13.7 Å². The van der Waals surface area contributed by atoms with Gasteiger partial charge in [-0.2, -0.15) is 0 Å². The third-order valence-electron chi connectivity index (χ3n) is 2.17. The van der Waals surface area contributed by atoms with Crippen molar-refractivity contribution in [1.82, 2.24) is 5.32 Å². The van der Waals surface area contributed by atoms with E-state index in [0.717, 1.165) is 17.9 Å². The molecular weight excluding hydrogens is 190 g/mol. The lowest BCUT2D eigenvalue weighted by atomic mass is 10.2. The Kier molecular flexibility index (Phi) is 5.15. The number of nitrogens with one attached hydrogen (secondary N) is 1. The number of ether oxygens (including phenoxy) is 2. The minimum Gasteiger partial charge on any atom is -0.486 e. The van der Waals surface area contributed by atoms with Crippen LogP contribution < -0.4 is 10.1 Å². The normalized spacial score (nSPS) is 12.5. The molecule has 0 aromatic heterocycles. The van der Waals surface area contributed by atoms with Crippen molar-refractivity contribution in [2.75, 3.05) is 27.3 Å². The maximum Gasteiger partial charge on any atom is 0.134 e. The molecule has 1 rings (SSSR count). The van der Waals surface area contributed by atoms with Crippen molar-refractivity contribution < 1.29 is 9.47 Å². The highest BCUT2D eigenvalue weighted by molar-refractivity contribution is 5.31. The molecule has 1 unspecified atom stereocenters. The van der Waals surface area contributed by atoms with Gasteiger partial charge in [0.25, 0.3) is 0 Å². The first kappa shape index (κ1) is 12.0. The lowest BCUT2D eigenvalue weighted by Crippen LogP contribution is -2.33. The second-order valence-electron chi connectivity index (χ2n) is 3.52. The molecule has 0 amide bonds. The van der Waals surface area contributed by atoms with E-state index in [1.54, 1.807) is 7.11 Å². The van der Waals surface area contributed by atoms with Crippen LogP contribution in [-0.4, -0.2) is 33.4 Å². The van der Waals surface area contributed by atoms with Gasteiger partial charge in [0.05, 0.1) is 6.61 Å². The van der Waals surface area contributed by atoms with Crippen LogP contribution in [0.2, 0.25) is 0 Å². The summed E-state index contributed by atoms with van der Waals surface area (Å²) in [5, 5.41) is 3.09. The van der Waals surface area contributed by atoms with Crippen LogP contribution in [0.5, 0.6) is 5.75 Å². The Hall–Kier alpha value is -1.06. The van der Waals surface area contributed by atoms with Gasteiger partial charge in [-0.15, -0.1) is 0 Å². The number of methoxy groups -OCH3 is 1. The summed E-state index contributed by atoms with van der Waals surface area (Å²) in [6.07, 6.45) is 0.0566. The van der Waals surface area contributed by atoms with Gasteiger partial charge in [0.1, 0.15) is 11.9 Å². The lowest BCUT2D eigenvalue weighted by Gasteiger charge is -2.19. The van der Waals surface area contributed by atoms with Crippen molar-refractivity contribution >= 4 is 0 Å². The quantitative estimate of drug-likeness (QED) is 0.772. The maximum absolute atomic E-state index is 5.84. The Morgan fingerprint density at radius 3 is 2.67 bits per heavy atom. The Balaban J connectivity index is 2.60. The molecule has 0 fully saturated rings. The fraction of sp³-hybridized carbons (Fsp3) is 0.500. The molecule has 0 heterocycles. The van der Waals surface area contributed by atoms with Crippen LogP contribution in [0.3, 0.4) is 0 Å². The topological polar surface area (TPSA) is 30.5 Å². The zero-order valence-electron chi connectivity index (χ0n) is 9.62. The number of para-hydroxylation sites is 1. The van der Waals surface area contributed by atoms with E-state index >= 15 is 0 Å². The average Bonchev–Trinajstić information content (AvgIpc) is 2.22. The first-order valence-corrected chi connectivity index (χ1v) is 5.13. The molecule has 84 valence electrons. The largest absolute Gasteiger partial charge is 0.486 e. The summed E-state index contributed by atoms with van der Waals surface area (Å²) in [6, 6.07) is 8.00. The zero-order valence-corrected chi connectivity index (χ0v) is 9.62. The zero-order chi connectivity index (χ0) is 11.1. The highest BCUT2D eigenvalue weighted by Crippen LogP contribution is 2.17. The standard InChI is InChI=1S/C12H19NO2/c1-10-6-4-5-7-12(10)15-11(8-13-2)9-14-3/h4-7,11,13H,8-9H2,1-3H3. The van der Waals surface area contributed by atoms with E-state index in [2.05, 4.69) is 5.32 Å². The molecule has 0 aliphatic rings. The number of likely N-dealkylation sites (N-methyl/N-ethyl adjacent to an activating group) is 1. The maximum atomic E-state index is 5.84. The predicted molar refractivity (Wildman–Crippen MR) is 61.4 cm³/mol. The molecule has 0 aliphatic carbocycles. The summed E-state index contributed by atoms with van der Waals surface area (Å²) in [6.45, 7) is 3.41. The first-order valence-electron chi connectivity index (χ1n) is 5.13. The Labute approximate surface area is 91.4 Å². The van der Waals surface area contributed by atoms with Crippen molar-refractivity contribution in [3.63, 3.8) is 0 Å². The van der Waals surface area contributed by atoms with Gasteiger partial charge in [-0.1, -0.05) is 18.2 Å². The third-order valence-corrected chi connectivity index (χ3v) is 2.17. The van der Waals surface area contributed by atoms with Crippen LogP contribution >= 0.6 is 0 Å². The van der Waals surface area contributed by atoms with E-state index in [-0.39, 0.29) is 6.10 Å². The molecule has 0 saturated heterocycles. The molecule has 0 aliphatic heterocycles. The summed E-state index contributed by atoms with van der Waals surface area (Å²) >= 11 is 0. The molecule has 0 saturated carbocycles. The summed E-state index contributed by atoms with van der Waals surface area (Å²) in [7, 11) is 3.59. The molecule has 0 radical (unpaired) electrons. The van der Waals surface area contributed by atoms with Gasteiger partial charge < -0.3 is 14.8 Å².